The maximum absolute atomic E-state index is 12.6. The van der Waals surface area contributed by atoms with E-state index >= 15 is 0 Å². The summed E-state index contributed by atoms with van der Waals surface area (Å²) >= 11 is 0. The molecule has 1 amide bonds. The average molecular weight is 304 g/mol. The summed E-state index contributed by atoms with van der Waals surface area (Å²) in [5.41, 5.74) is -0.157. The second-order valence-corrected chi connectivity index (χ2v) is 7.11. The second-order valence-electron chi connectivity index (χ2n) is 7.11. The molecule has 1 aromatic heterocycles. The predicted octanol–water partition coefficient (Wildman–Crippen LogP) is 3.50. The van der Waals surface area contributed by atoms with Crippen molar-refractivity contribution in [2.24, 2.45) is 5.41 Å². The molecule has 0 radical (unpaired) electrons. The molecular formula is C18H28N2O2. The minimum atomic E-state index is -0.157. The van der Waals surface area contributed by atoms with E-state index in [0.29, 0.717) is 6.54 Å². The molecule has 1 aromatic rings. The lowest BCUT2D eigenvalue weighted by molar-refractivity contribution is -0.130. The molecule has 1 aliphatic heterocycles. The Balaban J connectivity index is 1.64. The number of carbonyl (C=O) groups is 1. The molecule has 2 aliphatic rings. The van der Waals surface area contributed by atoms with Crippen molar-refractivity contribution in [2.45, 2.75) is 57.9 Å². The van der Waals surface area contributed by atoms with Crippen LogP contribution in [0.4, 0.5) is 0 Å². The molecule has 2 fully saturated rings. The smallest absolute Gasteiger partial charge is 0.226 e. The molecule has 1 atom stereocenters. The van der Waals surface area contributed by atoms with E-state index in [1.807, 2.05) is 12.1 Å². The largest absolute Gasteiger partial charge is 0.468 e. The number of hydrogen-bond acceptors (Lipinski definition) is 3. The van der Waals surface area contributed by atoms with Crippen LogP contribution < -0.4 is 5.32 Å². The summed E-state index contributed by atoms with van der Waals surface area (Å²) in [4.78, 5) is 15.0. The fourth-order valence-corrected chi connectivity index (χ4v) is 3.91. The standard InChI is InChI=1S/C18H28N2O2/c1-18(9-3-4-10-18)17(21)19-14-15(16-8-7-13-22-16)20-11-5-2-6-12-20/h7-8,13,15H,2-6,9-12,14H2,1H3,(H,19,21). The molecule has 22 heavy (non-hydrogen) atoms. The number of amides is 1. The van der Waals surface area contributed by atoms with Crippen molar-refractivity contribution in [1.29, 1.82) is 0 Å². The van der Waals surface area contributed by atoms with Gasteiger partial charge in [0.2, 0.25) is 5.91 Å². The van der Waals surface area contributed by atoms with Gasteiger partial charge in [0.1, 0.15) is 5.76 Å². The average Bonchev–Trinajstić information content (AvgIpc) is 3.21. The van der Waals surface area contributed by atoms with Gasteiger partial charge in [0, 0.05) is 12.0 Å². The Kier molecular flexibility index (Phi) is 4.87. The number of piperidine rings is 1. The molecule has 1 aliphatic carbocycles. The van der Waals surface area contributed by atoms with Crippen LogP contribution >= 0.6 is 0 Å². The highest BCUT2D eigenvalue weighted by Gasteiger charge is 2.36. The van der Waals surface area contributed by atoms with Crippen molar-refractivity contribution < 1.29 is 9.21 Å². The molecule has 0 aromatic carbocycles. The number of likely N-dealkylation sites (tertiary alicyclic amines) is 1. The maximum Gasteiger partial charge on any atom is 0.226 e. The monoisotopic (exact) mass is 304 g/mol. The van der Waals surface area contributed by atoms with Crippen LogP contribution in [0, 0.1) is 5.41 Å². The van der Waals surface area contributed by atoms with Crippen molar-refractivity contribution >= 4 is 5.91 Å². The number of furan rings is 1. The van der Waals surface area contributed by atoms with Crippen LogP contribution in [0.1, 0.15) is 63.7 Å². The van der Waals surface area contributed by atoms with Crippen LogP contribution in [0.2, 0.25) is 0 Å². The fraction of sp³-hybridized carbons (Fsp3) is 0.722. The number of carbonyl (C=O) groups excluding carboxylic acids is 1. The Hall–Kier alpha value is -1.29. The normalized spacial score (nSPS) is 23.3. The lowest BCUT2D eigenvalue weighted by Crippen LogP contribution is -2.44. The van der Waals surface area contributed by atoms with Gasteiger partial charge in [-0.25, -0.2) is 0 Å². The summed E-state index contributed by atoms with van der Waals surface area (Å²) in [7, 11) is 0. The van der Waals surface area contributed by atoms with Crippen LogP contribution in [0.25, 0.3) is 0 Å². The zero-order valence-corrected chi connectivity index (χ0v) is 13.6. The summed E-state index contributed by atoms with van der Waals surface area (Å²) < 4.78 is 5.64. The van der Waals surface area contributed by atoms with Crippen molar-refractivity contribution in [2.75, 3.05) is 19.6 Å². The van der Waals surface area contributed by atoms with Gasteiger partial charge >= 0.3 is 0 Å². The topological polar surface area (TPSA) is 45.5 Å². The van der Waals surface area contributed by atoms with E-state index in [4.69, 9.17) is 4.42 Å². The lowest BCUT2D eigenvalue weighted by atomic mass is 9.88. The predicted molar refractivity (Wildman–Crippen MR) is 86.5 cm³/mol. The Labute approximate surface area is 133 Å². The third-order valence-electron chi connectivity index (χ3n) is 5.41. The molecule has 122 valence electrons. The summed E-state index contributed by atoms with van der Waals surface area (Å²) in [6.07, 6.45) is 9.92. The molecular weight excluding hydrogens is 276 g/mol. The quantitative estimate of drug-likeness (QED) is 0.905. The van der Waals surface area contributed by atoms with E-state index in [2.05, 4.69) is 17.1 Å². The first-order chi connectivity index (χ1) is 10.7. The van der Waals surface area contributed by atoms with Gasteiger partial charge in [-0.3, -0.25) is 9.69 Å². The number of nitrogens with zero attached hydrogens (tertiary/aromatic N) is 1. The number of rotatable bonds is 5. The van der Waals surface area contributed by atoms with Crippen molar-refractivity contribution in [3.63, 3.8) is 0 Å². The molecule has 3 rings (SSSR count). The van der Waals surface area contributed by atoms with Gasteiger partial charge in [-0.2, -0.15) is 0 Å². The molecule has 1 unspecified atom stereocenters. The molecule has 1 saturated heterocycles. The first-order valence-electron chi connectivity index (χ1n) is 8.75. The number of nitrogens with one attached hydrogen (secondary N) is 1. The maximum atomic E-state index is 12.6. The SMILES string of the molecule is CC1(C(=O)NCC(c2ccco2)N2CCCCC2)CCCC1. The van der Waals surface area contributed by atoms with Gasteiger partial charge < -0.3 is 9.73 Å². The van der Waals surface area contributed by atoms with Gasteiger partial charge in [-0.1, -0.05) is 26.2 Å². The highest BCUT2D eigenvalue weighted by atomic mass is 16.3. The van der Waals surface area contributed by atoms with Gasteiger partial charge in [0.25, 0.3) is 0 Å². The van der Waals surface area contributed by atoms with E-state index in [1.54, 1.807) is 6.26 Å². The van der Waals surface area contributed by atoms with Crippen LogP contribution in [0.5, 0.6) is 0 Å². The van der Waals surface area contributed by atoms with E-state index in [-0.39, 0.29) is 17.4 Å². The summed E-state index contributed by atoms with van der Waals surface area (Å²) in [6, 6.07) is 4.14. The molecule has 0 bridgehead atoms. The minimum absolute atomic E-state index is 0.157. The molecule has 1 N–H and O–H groups in total. The first kappa shape index (κ1) is 15.6. The molecule has 2 heterocycles. The van der Waals surface area contributed by atoms with Crippen LogP contribution in [0.3, 0.4) is 0 Å². The van der Waals surface area contributed by atoms with Gasteiger partial charge in [0.05, 0.1) is 12.3 Å². The molecule has 0 spiro atoms. The third-order valence-corrected chi connectivity index (χ3v) is 5.41. The molecule has 4 heteroatoms. The van der Waals surface area contributed by atoms with Crippen molar-refractivity contribution in [1.82, 2.24) is 10.2 Å². The van der Waals surface area contributed by atoms with E-state index < -0.39 is 0 Å². The van der Waals surface area contributed by atoms with Gasteiger partial charge in [-0.15, -0.1) is 0 Å². The van der Waals surface area contributed by atoms with E-state index in [0.717, 1.165) is 31.7 Å². The first-order valence-corrected chi connectivity index (χ1v) is 8.75. The van der Waals surface area contributed by atoms with Crippen LogP contribution in [-0.4, -0.2) is 30.4 Å². The van der Waals surface area contributed by atoms with Crippen molar-refractivity contribution in [3.8, 4) is 0 Å². The van der Waals surface area contributed by atoms with Crippen molar-refractivity contribution in [3.05, 3.63) is 24.2 Å². The fourth-order valence-electron chi connectivity index (χ4n) is 3.91. The zero-order valence-electron chi connectivity index (χ0n) is 13.6. The summed E-state index contributed by atoms with van der Waals surface area (Å²) in [5, 5.41) is 3.21. The third kappa shape index (κ3) is 3.37. The van der Waals surface area contributed by atoms with E-state index in [9.17, 15) is 4.79 Å². The highest BCUT2D eigenvalue weighted by molar-refractivity contribution is 5.82. The molecule has 4 nitrogen and oxygen atoms in total. The number of hydrogen-bond donors (Lipinski definition) is 1. The van der Waals surface area contributed by atoms with Gasteiger partial charge in [-0.05, 0) is 50.9 Å². The molecule has 1 saturated carbocycles. The van der Waals surface area contributed by atoms with Gasteiger partial charge in [0.15, 0.2) is 0 Å². The van der Waals surface area contributed by atoms with E-state index in [1.165, 1.54) is 32.1 Å². The lowest BCUT2D eigenvalue weighted by Gasteiger charge is -2.34. The Bertz CT molecular complexity index is 471. The van der Waals surface area contributed by atoms with Crippen LogP contribution in [-0.2, 0) is 4.79 Å². The highest BCUT2D eigenvalue weighted by Crippen LogP contribution is 2.37. The Morgan fingerprint density at radius 1 is 1.27 bits per heavy atom. The zero-order chi connectivity index (χ0) is 15.4. The Morgan fingerprint density at radius 3 is 2.64 bits per heavy atom. The van der Waals surface area contributed by atoms with Crippen LogP contribution in [0.15, 0.2) is 22.8 Å². The second kappa shape index (κ2) is 6.86. The minimum Gasteiger partial charge on any atom is -0.468 e. The summed E-state index contributed by atoms with van der Waals surface area (Å²) in [6.45, 7) is 4.96. The summed E-state index contributed by atoms with van der Waals surface area (Å²) in [5.74, 6) is 1.19. The Morgan fingerprint density at radius 2 is 2.00 bits per heavy atom.